The molecule has 48 heavy (non-hydrogen) atoms. The van der Waals surface area contributed by atoms with E-state index in [2.05, 4.69) is 19.1 Å². The molecule has 0 radical (unpaired) electrons. The highest BCUT2D eigenvalue weighted by Crippen LogP contribution is 2.43. The van der Waals surface area contributed by atoms with Gasteiger partial charge in [-0.2, -0.15) is 0 Å². The third kappa shape index (κ3) is 34.6. The van der Waals surface area contributed by atoms with Crippen LogP contribution in [0.5, 0.6) is 0 Å². The van der Waals surface area contributed by atoms with Gasteiger partial charge in [0.25, 0.3) is 0 Å². The van der Waals surface area contributed by atoms with Crippen molar-refractivity contribution in [1.82, 2.24) is 0 Å². The summed E-state index contributed by atoms with van der Waals surface area (Å²) in [5, 5.41) is 0. The number of phosphoric acid groups is 1. The normalized spacial score (nSPS) is 13.9. The molecule has 0 aromatic rings. The van der Waals surface area contributed by atoms with E-state index in [1.165, 1.54) is 116 Å². The topological polar surface area (TPSA) is 108 Å². The number of phosphoric ester groups is 1. The van der Waals surface area contributed by atoms with Crippen LogP contribution < -0.4 is 0 Å². The third-order valence-corrected chi connectivity index (χ3v) is 9.25. The van der Waals surface area contributed by atoms with Gasteiger partial charge in [0.1, 0.15) is 19.8 Å². The van der Waals surface area contributed by atoms with Gasteiger partial charge < -0.3 is 18.9 Å². The summed E-state index contributed by atoms with van der Waals surface area (Å²) < 4.78 is 33.5. The number of allylic oxidation sites excluding steroid dienone is 2. The lowest BCUT2D eigenvalue weighted by Gasteiger charge is -2.24. The molecule has 0 aliphatic heterocycles. The minimum Gasteiger partial charge on any atom is -0.462 e. The zero-order chi connectivity index (χ0) is 35.8. The number of rotatable bonds is 35. The minimum atomic E-state index is -4.34. The summed E-state index contributed by atoms with van der Waals surface area (Å²) in [5.74, 6) is -0.856. The molecule has 0 fully saturated rings. The monoisotopic (exact) mass is 705 g/mol. The molecule has 0 saturated carbocycles. The Balaban J connectivity index is 3.90. The van der Waals surface area contributed by atoms with E-state index in [-0.39, 0.29) is 26.1 Å². The summed E-state index contributed by atoms with van der Waals surface area (Å²) in [7, 11) is 1.47. The maximum absolute atomic E-state index is 12.5. The van der Waals surface area contributed by atoms with E-state index in [1.54, 1.807) is 0 Å². The van der Waals surface area contributed by atoms with Crippen LogP contribution in [0.15, 0.2) is 12.2 Å². The van der Waals surface area contributed by atoms with Crippen LogP contribution in [0, 0.1) is 0 Å². The zero-order valence-corrected chi connectivity index (χ0v) is 32.6. The first-order valence-electron chi connectivity index (χ1n) is 19.4. The largest absolute Gasteiger partial charge is 0.472 e. The molecule has 2 unspecified atom stereocenters. The standard InChI is InChI=1S/C38H74NO8P/c1-6-8-9-10-11-12-13-14-15-16-17-18-19-20-21-22-23-24-25-26-27-28-29-31-38(41)47-36(34-44-37(40)30-7-2)35-46-48(42,43)45-33-32-39(3,4)5/h16-17,36H,6-15,18-35H2,1-5H3/p+1/b17-16-. The number of carbonyl (C=O) groups is 2. The molecule has 0 aromatic heterocycles. The van der Waals surface area contributed by atoms with Gasteiger partial charge in [-0.25, -0.2) is 4.57 Å². The van der Waals surface area contributed by atoms with Gasteiger partial charge in [0.2, 0.25) is 0 Å². The number of quaternary nitrogens is 1. The predicted molar refractivity (Wildman–Crippen MR) is 197 cm³/mol. The second kappa shape index (κ2) is 31.7. The summed E-state index contributed by atoms with van der Waals surface area (Å²) in [6.07, 6.45) is 31.5. The minimum absolute atomic E-state index is 0.0325. The van der Waals surface area contributed by atoms with Crippen molar-refractivity contribution in [2.45, 2.75) is 174 Å². The lowest BCUT2D eigenvalue weighted by Crippen LogP contribution is -2.37. The van der Waals surface area contributed by atoms with Crippen molar-refractivity contribution in [3.63, 3.8) is 0 Å². The molecule has 2 atom stereocenters. The molecule has 0 amide bonds. The van der Waals surface area contributed by atoms with E-state index in [4.69, 9.17) is 18.5 Å². The Kier molecular flexibility index (Phi) is 30.9. The zero-order valence-electron chi connectivity index (χ0n) is 31.7. The first kappa shape index (κ1) is 46.8. The first-order valence-corrected chi connectivity index (χ1v) is 20.9. The second-order valence-electron chi connectivity index (χ2n) is 14.3. The van der Waals surface area contributed by atoms with Crippen molar-refractivity contribution in [2.24, 2.45) is 0 Å². The molecule has 0 aliphatic rings. The number of esters is 2. The van der Waals surface area contributed by atoms with Gasteiger partial charge in [0.05, 0.1) is 27.7 Å². The lowest BCUT2D eigenvalue weighted by atomic mass is 10.0. The van der Waals surface area contributed by atoms with Crippen LogP contribution >= 0.6 is 7.82 Å². The Morgan fingerprint density at radius 1 is 0.625 bits per heavy atom. The maximum atomic E-state index is 12.5. The van der Waals surface area contributed by atoms with E-state index >= 15 is 0 Å². The maximum Gasteiger partial charge on any atom is 0.472 e. The Morgan fingerprint density at radius 3 is 1.58 bits per heavy atom. The molecule has 0 aromatic carbocycles. The van der Waals surface area contributed by atoms with Crippen molar-refractivity contribution in [3.05, 3.63) is 12.2 Å². The number of hydrogen-bond donors (Lipinski definition) is 1. The van der Waals surface area contributed by atoms with Gasteiger partial charge in [-0.15, -0.1) is 0 Å². The molecule has 0 heterocycles. The number of hydrogen-bond acceptors (Lipinski definition) is 7. The highest BCUT2D eigenvalue weighted by Gasteiger charge is 2.27. The summed E-state index contributed by atoms with van der Waals surface area (Å²) in [6, 6.07) is 0. The molecule has 1 N–H and O–H groups in total. The van der Waals surface area contributed by atoms with Crippen LogP contribution in [0.3, 0.4) is 0 Å². The molecule has 0 aliphatic carbocycles. The SMILES string of the molecule is CCCCCCCCCC/C=C\CCCCCCCCCCCCCC(=O)OC(COC(=O)CCC)COP(=O)(O)OCC[N+](C)(C)C. The Bertz CT molecular complexity index is 845. The van der Waals surface area contributed by atoms with Gasteiger partial charge in [0, 0.05) is 12.8 Å². The van der Waals surface area contributed by atoms with Crippen LogP contribution in [-0.2, 0) is 32.7 Å². The van der Waals surface area contributed by atoms with E-state index in [0.29, 0.717) is 23.9 Å². The fraction of sp³-hybridized carbons (Fsp3) is 0.895. The smallest absolute Gasteiger partial charge is 0.462 e. The lowest BCUT2D eigenvalue weighted by molar-refractivity contribution is -0.870. The summed E-state index contributed by atoms with van der Waals surface area (Å²) in [5.41, 5.74) is 0. The van der Waals surface area contributed by atoms with Gasteiger partial charge in [0.15, 0.2) is 6.10 Å². The van der Waals surface area contributed by atoms with E-state index in [1.807, 2.05) is 28.1 Å². The Hall–Kier alpha value is -1.25. The summed E-state index contributed by atoms with van der Waals surface area (Å²) in [6.45, 7) is 4.04. The van der Waals surface area contributed by atoms with E-state index in [9.17, 15) is 19.0 Å². The summed E-state index contributed by atoms with van der Waals surface area (Å²) in [4.78, 5) is 34.3. The average molecular weight is 705 g/mol. The van der Waals surface area contributed by atoms with Gasteiger partial charge in [-0.1, -0.05) is 129 Å². The highest BCUT2D eigenvalue weighted by atomic mass is 31.2. The summed E-state index contributed by atoms with van der Waals surface area (Å²) >= 11 is 0. The molecule has 0 saturated heterocycles. The van der Waals surface area contributed by atoms with Crippen molar-refractivity contribution in [3.8, 4) is 0 Å². The number of likely N-dealkylation sites (N-methyl/N-ethyl adjacent to an activating group) is 1. The molecular weight excluding hydrogens is 629 g/mol. The van der Waals surface area contributed by atoms with Gasteiger partial charge in [-0.05, 0) is 38.5 Å². The van der Waals surface area contributed by atoms with Crippen molar-refractivity contribution < 1.29 is 42.1 Å². The Labute approximate surface area is 295 Å². The van der Waals surface area contributed by atoms with E-state index in [0.717, 1.165) is 12.8 Å². The molecule has 0 spiro atoms. The fourth-order valence-corrected chi connectivity index (χ4v) is 5.96. The Morgan fingerprint density at radius 2 is 1.10 bits per heavy atom. The van der Waals surface area contributed by atoms with Crippen molar-refractivity contribution >= 4 is 19.8 Å². The number of ether oxygens (including phenoxy) is 2. The van der Waals surface area contributed by atoms with Crippen LogP contribution in [0.25, 0.3) is 0 Å². The van der Waals surface area contributed by atoms with Crippen LogP contribution in [0.1, 0.15) is 168 Å². The van der Waals surface area contributed by atoms with Crippen LogP contribution in [-0.4, -0.2) is 74.9 Å². The molecule has 9 nitrogen and oxygen atoms in total. The molecule has 0 bridgehead atoms. The van der Waals surface area contributed by atoms with Gasteiger partial charge in [-0.3, -0.25) is 18.6 Å². The predicted octanol–water partition coefficient (Wildman–Crippen LogP) is 10.2. The van der Waals surface area contributed by atoms with Crippen LogP contribution in [0.4, 0.5) is 0 Å². The number of carbonyl (C=O) groups excluding carboxylic acids is 2. The molecular formula is C38H75NO8P+. The van der Waals surface area contributed by atoms with Crippen LogP contribution in [0.2, 0.25) is 0 Å². The second-order valence-corrected chi connectivity index (χ2v) is 15.8. The molecule has 10 heteroatoms. The number of unbranched alkanes of at least 4 members (excludes halogenated alkanes) is 19. The average Bonchev–Trinajstić information content (AvgIpc) is 3.02. The highest BCUT2D eigenvalue weighted by molar-refractivity contribution is 7.47. The molecule has 0 rings (SSSR count). The third-order valence-electron chi connectivity index (χ3n) is 8.27. The van der Waals surface area contributed by atoms with Crippen molar-refractivity contribution in [1.29, 1.82) is 0 Å². The fourth-order valence-electron chi connectivity index (χ4n) is 5.22. The number of nitrogens with zero attached hydrogens (tertiary/aromatic N) is 1. The first-order chi connectivity index (χ1) is 23.0. The molecule has 284 valence electrons. The van der Waals surface area contributed by atoms with Crippen molar-refractivity contribution in [2.75, 3.05) is 47.5 Å². The van der Waals surface area contributed by atoms with Gasteiger partial charge >= 0.3 is 19.8 Å². The van der Waals surface area contributed by atoms with E-state index < -0.39 is 32.5 Å². The quantitative estimate of drug-likeness (QED) is 0.0228.